The van der Waals surface area contributed by atoms with E-state index in [2.05, 4.69) is 51.4 Å². The largest absolute Gasteiger partial charge is 0.364 e. The molecule has 0 bridgehead atoms. The van der Waals surface area contributed by atoms with E-state index in [0.29, 0.717) is 18.3 Å². The number of rotatable bonds is 7. The number of hydrogen-bond acceptors (Lipinski definition) is 6. The minimum atomic E-state index is -0.0131. The number of amides is 1. The number of carbonyl (C=O) groups is 1. The van der Waals surface area contributed by atoms with Crippen molar-refractivity contribution in [2.75, 3.05) is 36.8 Å². The molecule has 3 heterocycles. The van der Waals surface area contributed by atoms with Crippen LogP contribution in [0.5, 0.6) is 0 Å². The van der Waals surface area contributed by atoms with Crippen LogP contribution in [-0.2, 0) is 4.79 Å². The number of aromatic nitrogens is 2. The molecule has 2 saturated heterocycles. The second-order valence-corrected chi connectivity index (χ2v) is 10.3. The fourth-order valence-corrected chi connectivity index (χ4v) is 5.98. The summed E-state index contributed by atoms with van der Waals surface area (Å²) in [6, 6.07) is 9.85. The van der Waals surface area contributed by atoms with Crippen molar-refractivity contribution in [3.8, 4) is 0 Å². The van der Waals surface area contributed by atoms with Crippen LogP contribution < -0.4 is 10.6 Å². The van der Waals surface area contributed by atoms with Crippen LogP contribution in [-0.4, -0.2) is 63.9 Å². The maximum atomic E-state index is 12.0. The Bertz CT molecular complexity index is 995. The molecule has 2 N–H and O–H groups in total. The van der Waals surface area contributed by atoms with Crippen molar-refractivity contribution in [1.29, 1.82) is 0 Å². The zero-order valence-electron chi connectivity index (χ0n) is 20.7. The summed E-state index contributed by atoms with van der Waals surface area (Å²) in [6.45, 7) is 7.53. The molecule has 7 nitrogen and oxygen atoms in total. The highest BCUT2D eigenvalue weighted by atomic mass is 16.2. The van der Waals surface area contributed by atoms with Crippen molar-refractivity contribution in [2.24, 2.45) is 0 Å². The maximum absolute atomic E-state index is 12.0. The predicted molar refractivity (Wildman–Crippen MR) is 141 cm³/mol. The monoisotopic (exact) mass is 474 g/mol. The lowest BCUT2D eigenvalue weighted by atomic mass is 9.88. The first-order valence-corrected chi connectivity index (χ1v) is 13.3. The highest BCUT2D eigenvalue weighted by Gasteiger charge is 2.27. The summed E-state index contributed by atoms with van der Waals surface area (Å²) in [6.07, 6.45) is 15.0. The molecule has 7 heteroatoms. The molecule has 1 saturated carbocycles. The van der Waals surface area contributed by atoms with E-state index in [1.54, 1.807) is 12.4 Å². The highest BCUT2D eigenvalue weighted by Crippen LogP contribution is 2.33. The van der Waals surface area contributed by atoms with Gasteiger partial charge >= 0.3 is 0 Å². The van der Waals surface area contributed by atoms with Gasteiger partial charge in [0.2, 0.25) is 5.91 Å². The Morgan fingerprint density at radius 2 is 1.69 bits per heavy atom. The SMILES string of the molecule is C=CC(=O)N1CCCC(Nc2cncc(Nc3ccc(C4CCN(C5CCCC5)CC4)cc3)n2)C1. The third-order valence-corrected chi connectivity index (χ3v) is 7.92. The summed E-state index contributed by atoms with van der Waals surface area (Å²) < 4.78 is 0. The molecule has 1 aromatic carbocycles. The van der Waals surface area contributed by atoms with E-state index in [4.69, 9.17) is 4.98 Å². The number of benzene rings is 1. The standard InChI is InChI=1S/C28H38N6O/c1-2-28(35)34-15-5-6-24(20-34)31-27-19-29-18-26(32-27)30-23-11-9-21(10-12-23)22-13-16-33(17-14-22)25-7-3-4-8-25/h2,9-12,18-19,22,24-25H,1,3-8,13-17,20H2,(H2,30,31,32). The van der Waals surface area contributed by atoms with Gasteiger partial charge in [-0.05, 0) is 81.3 Å². The minimum Gasteiger partial charge on any atom is -0.364 e. The van der Waals surface area contributed by atoms with Gasteiger partial charge in [-0.15, -0.1) is 0 Å². The molecular formula is C28H38N6O. The van der Waals surface area contributed by atoms with Gasteiger partial charge < -0.3 is 20.4 Å². The van der Waals surface area contributed by atoms with E-state index < -0.39 is 0 Å². The van der Waals surface area contributed by atoms with Gasteiger partial charge in [-0.25, -0.2) is 4.98 Å². The third kappa shape index (κ3) is 6.01. The Morgan fingerprint density at radius 3 is 2.43 bits per heavy atom. The van der Waals surface area contributed by atoms with Crippen LogP contribution >= 0.6 is 0 Å². The lowest BCUT2D eigenvalue weighted by molar-refractivity contribution is -0.127. The van der Waals surface area contributed by atoms with E-state index in [9.17, 15) is 4.79 Å². The van der Waals surface area contributed by atoms with E-state index in [1.165, 1.54) is 63.3 Å². The molecule has 35 heavy (non-hydrogen) atoms. The van der Waals surface area contributed by atoms with Crippen LogP contribution in [0.4, 0.5) is 17.3 Å². The first-order valence-electron chi connectivity index (χ1n) is 13.3. The van der Waals surface area contributed by atoms with Gasteiger partial charge in [0.1, 0.15) is 5.82 Å². The number of anilines is 3. The summed E-state index contributed by atoms with van der Waals surface area (Å²) in [7, 11) is 0. The van der Waals surface area contributed by atoms with Crippen LogP contribution in [0.3, 0.4) is 0 Å². The lowest BCUT2D eigenvalue weighted by Crippen LogP contribution is -2.44. The van der Waals surface area contributed by atoms with Gasteiger partial charge in [-0.1, -0.05) is 31.6 Å². The van der Waals surface area contributed by atoms with E-state index >= 15 is 0 Å². The molecule has 186 valence electrons. The van der Waals surface area contributed by atoms with Crippen molar-refractivity contribution >= 4 is 23.2 Å². The van der Waals surface area contributed by atoms with Crippen molar-refractivity contribution in [1.82, 2.24) is 19.8 Å². The Hall–Kier alpha value is -2.93. The molecule has 0 radical (unpaired) electrons. The average Bonchev–Trinajstić information content (AvgIpc) is 3.44. The van der Waals surface area contributed by atoms with E-state index in [-0.39, 0.29) is 11.9 Å². The molecule has 1 unspecified atom stereocenters. The van der Waals surface area contributed by atoms with Gasteiger partial charge in [0.15, 0.2) is 5.82 Å². The molecular weight excluding hydrogens is 436 g/mol. The fraction of sp³-hybridized carbons (Fsp3) is 0.536. The highest BCUT2D eigenvalue weighted by molar-refractivity contribution is 5.87. The smallest absolute Gasteiger partial charge is 0.246 e. The van der Waals surface area contributed by atoms with Crippen LogP contribution in [0.25, 0.3) is 0 Å². The van der Waals surface area contributed by atoms with Crippen LogP contribution in [0.15, 0.2) is 49.3 Å². The third-order valence-electron chi connectivity index (χ3n) is 7.92. The average molecular weight is 475 g/mol. The zero-order valence-corrected chi connectivity index (χ0v) is 20.7. The van der Waals surface area contributed by atoms with Crippen LogP contribution in [0, 0.1) is 0 Å². The van der Waals surface area contributed by atoms with E-state index in [1.807, 2.05) is 4.90 Å². The summed E-state index contributed by atoms with van der Waals surface area (Å²) in [4.78, 5) is 25.6. The second kappa shape index (κ2) is 11.2. The zero-order chi connectivity index (χ0) is 24.0. The first-order chi connectivity index (χ1) is 17.2. The Kier molecular flexibility index (Phi) is 7.62. The van der Waals surface area contributed by atoms with Crippen LogP contribution in [0.2, 0.25) is 0 Å². The molecule has 1 aliphatic carbocycles. The van der Waals surface area contributed by atoms with E-state index in [0.717, 1.165) is 36.9 Å². The molecule has 1 aromatic heterocycles. The Morgan fingerprint density at radius 1 is 0.943 bits per heavy atom. The number of carbonyl (C=O) groups excluding carboxylic acids is 1. The normalized spacial score (nSPS) is 22.2. The van der Waals surface area contributed by atoms with Gasteiger partial charge in [0, 0.05) is 30.9 Å². The molecule has 1 atom stereocenters. The summed E-state index contributed by atoms with van der Waals surface area (Å²) in [5, 5.41) is 6.84. The number of nitrogens with one attached hydrogen (secondary N) is 2. The number of hydrogen-bond donors (Lipinski definition) is 2. The molecule has 5 rings (SSSR count). The lowest BCUT2D eigenvalue weighted by Gasteiger charge is -2.36. The van der Waals surface area contributed by atoms with Crippen molar-refractivity contribution in [3.63, 3.8) is 0 Å². The second-order valence-electron chi connectivity index (χ2n) is 10.3. The van der Waals surface area contributed by atoms with Crippen LogP contribution in [0.1, 0.15) is 62.8 Å². The summed E-state index contributed by atoms with van der Waals surface area (Å²) in [5.74, 6) is 2.08. The molecule has 3 aliphatic rings. The summed E-state index contributed by atoms with van der Waals surface area (Å²) in [5.41, 5.74) is 2.46. The molecule has 1 amide bonds. The van der Waals surface area contributed by atoms with Gasteiger partial charge in [-0.2, -0.15) is 0 Å². The molecule has 3 fully saturated rings. The van der Waals surface area contributed by atoms with Gasteiger partial charge in [0.25, 0.3) is 0 Å². The first kappa shape index (κ1) is 23.8. The number of piperidine rings is 2. The van der Waals surface area contributed by atoms with Crippen molar-refractivity contribution < 1.29 is 4.79 Å². The fourth-order valence-electron chi connectivity index (χ4n) is 5.98. The molecule has 2 aromatic rings. The summed E-state index contributed by atoms with van der Waals surface area (Å²) >= 11 is 0. The van der Waals surface area contributed by atoms with Gasteiger partial charge in [0.05, 0.1) is 12.4 Å². The predicted octanol–water partition coefficient (Wildman–Crippen LogP) is 4.93. The number of likely N-dealkylation sites (tertiary alicyclic amines) is 2. The molecule has 0 spiro atoms. The molecule has 2 aliphatic heterocycles. The Balaban J connectivity index is 1.14. The topological polar surface area (TPSA) is 73.4 Å². The van der Waals surface area contributed by atoms with Crippen molar-refractivity contribution in [2.45, 2.75) is 69.4 Å². The quantitative estimate of drug-likeness (QED) is 0.554. The Labute approximate surface area is 209 Å². The minimum absolute atomic E-state index is 0.0131. The maximum Gasteiger partial charge on any atom is 0.246 e. The number of nitrogens with zero attached hydrogens (tertiary/aromatic N) is 4. The van der Waals surface area contributed by atoms with Crippen molar-refractivity contribution in [3.05, 3.63) is 54.9 Å². The van der Waals surface area contributed by atoms with Gasteiger partial charge in [-0.3, -0.25) is 9.78 Å².